The SMILES string of the molecule is Cc1ccc(CC(=O)NC(CCN)C(C)C)cc1. The number of carbonyl (C=O) groups is 1. The number of amides is 1. The molecule has 3 heteroatoms. The second-order valence-electron chi connectivity index (χ2n) is 5.16. The van der Waals surface area contributed by atoms with Crippen molar-refractivity contribution in [3.05, 3.63) is 35.4 Å². The second kappa shape index (κ2) is 7.17. The van der Waals surface area contributed by atoms with Crippen LogP contribution in [0.1, 0.15) is 31.4 Å². The third-order valence-electron chi connectivity index (χ3n) is 3.11. The lowest BCUT2D eigenvalue weighted by atomic mass is 10.0. The fourth-order valence-corrected chi connectivity index (χ4v) is 1.90. The van der Waals surface area contributed by atoms with Gasteiger partial charge in [0, 0.05) is 6.04 Å². The number of benzene rings is 1. The van der Waals surface area contributed by atoms with E-state index >= 15 is 0 Å². The number of nitrogens with one attached hydrogen (secondary N) is 1. The van der Waals surface area contributed by atoms with E-state index in [4.69, 9.17) is 5.73 Å². The minimum absolute atomic E-state index is 0.0750. The Morgan fingerprint density at radius 1 is 1.28 bits per heavy atom. The first-order valence-electron chi connectivity index (χ1n) is 6.58. The molecule has 1 atom stereocenters. The van der Waals surface area contributed by atoms with Gasteiger partial charge in [0.15, 0.2) is 0 Å². The fourth-order valence-electron chi connectivity index (χ4n) is 1.90. The smallest absolute Gasteiger partial charge is 0.224 e. The fraction of sp³-hybridized carbons (Fsp3) is 0.533. The number of rotatable bonds is 6. The van der Waals surface area contributed by atoms with Gasteiger partial charge in [0.1, 0.15) is 0 Å². The van der Waals surface area contributed by atoms with E-state index in [1.54, 1.807) is 0 Å². The minimum atomic E-state index is 0.0750. The van der Waals surface area contributed by atoms with Crippen LogP contribution in [0, 0.1) is 12.8 Å². The van der Waals surface area contributed by atoms with Crippen LogP contribution in [0.5, 0.6) is 0 Å². The van der Waals surface area contributed by atoms with Gasteiger partial charge in [-0.15, -0.1) is 0 Å². The third-order valence-corrected chi connectivity index (χ3v) is 3.11. The van der Waals surface area contributed by atoms with Gasteiger partial charge in [0.05, 0.1) is 6.42 Å². The number of hydrogen-bond acceptors (Lipinski definition) is 2. The highest BCUT2D eigenvalue weighted by Crippen LogP contribution is 2.07. The van der Waals surface area contributed by atoms with Gasteiger partial charge in [-0.05, 0) is 31.4 Å². The van der Waals surface area contributed by atoms with Crippen LogP contribution in [0.15, 0.2) is 24.3 Å². The van der Waals surface area contributed by atoms with Gasteiger partial charge in [-0.2, -0.15) is 0 Å². The summed E-state index contributed by atoms with van der Waals surface area (Å²) in [5.74, 6) is 0.488. The average Bonchev–Trinajstić information content (AvgIpc) is 2.31. The molecule has 0 fully saturated rings. The quantitative estimate of drug-likeness (QED) is 0.809. The molecule has 0 heterocycles. The first-order valence-corrected chi connectivity index (χ1v) is 6.58. The Balaban J connectivity index is 2.52. The maximum absolute atomic E-state index is 11.9. The van der Waals surface area contributed by atoms with Crippen LogP contribution >= 0.6 is 0 Å². The molecule has 0 bridgehead atoms. The normalized spacial score (nSPS) is 12.5. The van der Waals surface area contributed by atoms with Crippen LogP contribution in [-0.4, -0.2) is 18.5 Å². The lowest BCUT2D eigenvalue weighted by Gasteiger charge is -2.21. The monoisotopic (exact) mass is 248 g/mol. The Morgan fingerprint density at radius 3 is 2.39 bits per heavy atom. The van der Waals surface area contributed by atoms with Gasteiger partial charge in [0.25, 0.3) is 0 Å². The molecule has 0 saturated carbocycles. The van der Waals surface area contributed by atoms with E-state index in [1.165, 1.54) is 5.56 Å². The molecule has 1 rings (SSSR count). The topological polar surface area (TPSA) is 55.1 Å². The molecule has 0 aromatic heterocycles. The molecule has 1 amide bonds. The zero-order valence-corrected chi connectivity index (χ0v) is 11.6. The Bertz CT molecular complexity index is 371. The van der Waals surface area contributed by atoms with E-state index in [-0.39, 0.29) is 11.9 Å². The Labute approximate surface area is 110 Å². The van der Waals surface area contributed by atoms with Crippen molar-refractivity contribution in [2.75, 3.05) is 6.54 Å². The van der Waals surface area contributed by atoms with Crippen LogP contribution in [0.2, 0.25) is 0 Å². The van der Waals surface area contributed by atoms with Crippen molar-refractivity contribution in [2.24, 2.45) is 11.7 Å². The van der Waals surface area contributed by atoms with E-state index in [2.05, 4.69) is 19.2 Å². The average molecular weight is 248 g/mol. The number of hydrogen-bond donors (Lipinski definition) is 2. The second-order valence-corrected chi connectivity index (χ2v) is 5.16. The lowest BCUT2D eigenvalue weighted by Crippen LogP contribution is -2.40. The van der Waals surface area contributed by atoms with E-state index < -0.39 is 0 Å². The standard InChI is InChI=1S/C15H24N2O/c1-11(2)14(8-9-16)17-15(18)10-13-6-4-12(3)5-7-13/h4-7,11,14H,8-10,16H2,1-3H3,(H,17,18). The zero-order chi connectivity index (χ0) is 13.5. The summed E-state index contributed by atoms with van der Waals surface area (Å²) in [7, 11) is 0. The minimum Gasteiger partial charge on any atom is -0.353 e. The summed E-state index contributed by atoms with van der Waals surface area (Å²) in [4.78, 5) is 11.9. The summed E-state index contributed by atoms with van der Waals surface area (Å²) >= 11 is 0. The first kappa shape index (κ1) is 14.7. The van der Waals surface area contributed by atoms with Crippen molar-refractivity contribution in [3.63, 3.8) is 0 Å². The summed E-state index contributed by atoms with van der Waals surface area (Å²) in [5.41, 5.74) is 7.82. The van der Waals surface area contributed by atoms with Crippen LogP contribution in [0.4, 0.5) is 0 Å². The molecule has 1 unspecified atom stereocenters. The Kier molecular flexibility index (Phi) is 5.86. The highest BCUT2D eigenvalue weighted by atomic mass is 16.1. The van der Waals surface area contributed by atoms with Crippen molar-refractivity contribution in [1.82, 2.24) is 5.32 Å². The summed E-state index contributed by atoms with van der Waals surface area (Å²) in [6.45, 7) is 6.85. The van der Waals surface area contributed by atoms with Gasteiger partial charge in [-0.1, -0.05) is 43.7 Å². The van der Waals surface area contributed by atoms with Crippen LogP contribution in [-0.2, 0) is 11.2 Å². The molecule has 3 N–H and O–H groups in total. The summed E-state index contributed by atoms with van der Waals surface area (Å²) in [5, 5.41) is 3.06. The molecule has 0 aliphatic carbocycles. The number of carbonyl (C=O) groups excluding carboxylic acids is 1. The maximum Gasteiger partial charge on any atom is 0.224 e. The summed E-state index contributed by atoms with van der Waals surface area (Å²) in [6, 6.07) is 8.24. The van der Waals surface area contributed by atoms with Gasteiger partial charge >= 0.3 is 0 Å². The van der Waals surface area contributed by atoms with Crippen LogP contribution < -0.4 is 11.1 Å². The highest BCUT2D eigenvalue weighted by molar-refractivity contribution is 5.78. The predicted octanol–water partition coefficient (Wildman–Crippen LogP) is 2.03. The van der Waals surface area contributed by atoms with E-state index in [1.807, 2.05) is 31.2 Å². The van der Waals surface area contributed by atoms with E-state index in [0.29, 0.717) is 18.9 Å². The molecular weight excluding hydrogens is 224 g/mol. The predicted molar refractivity (Wildman–Crippen MR) is 75.3 cm³/mol. The van der Waals surface area contributed by atoms with Crippen LogP contribution in [0.3, 0.4) is 0 Å². The van der Waals surface area contributed by atoms with Crippen molar-refractivity contribution in [2.45, 2.75) is 39.7 Å². The molecule has 0 aliphatic rings. The van der Waals surface area contributed by atoms with Crippen molar-refractivity contribution in [3.8, 4) is 0 Å². The summed E-state index contributed by atoms with van der Waals surface area (Å²) < 4.78 is 0. The van der Waals surface area contributed by atoms with Gasteiger partial charge in [-0.3, -0.25) is 4.79 Å². The van der Waals surface area contributed by atoms with Gasteiger partial charge in [-0.25, -0.2) is 0 Å². The van der Waals surface area contributed by atoms with Crippen molar-refractivity contribution in [1.29, 1.82) is 0 Å². The molecule has 3 nitrogen and oxygen atoms in total. The molecule has 0 saturated heterocycles. The number of nitrogens with two attached hydrogens (primary N) is 1. The lowest BCUT2D eigenvalue weighted by molar-refractivity contribution is -0.121. The molecule has 0 spiro atoms. The van der Waals surface area contributed by atoms with E-state index in [0.717, 1.165) is 12.0 Å². The zero-order valence-electron chi connectivity index (χ0n) is 11.6. The Morgan fingerprint density at radius 2 is 1.89 bits per heavy atom. The van der Waals surface area contributed by atoms with Gasteiger partial charge in [0.2, 0.25) is 5.91 Å². The largest absolute Gasteiger partial charge is 0.353 e. The van der Waals surface area contributed by atoms with Crippen molar-refractivity contribution >= 4 is 5.91 Å². The molecule has 0 aliphatic heterocycles. The maximum atomic E-state index is 11.9. The van der Waals surface area contributed by atoms with Gasteiger partial charge < -0.3 is 11.1 Å². The Hall–Kier alpha value is -1.35. The summed E-state index contributed by atoms with van der Waals surface area (Å²) in [6.07, 6.45) is 1.27. The first-order chi connectivity index (χ1) is 8.52. The van der Waals surface area contributed by atoms with Crippen LogP contribution in [0.25, 0.3) is 0 Å². The number of aryl methyl sites for hydroxylation is 1. The molecular formula is C15H24N2O. The molecule has 0 radical (unpaired) electrons. The van der Waals surface area contributed by atoms with Crippen molar-refractivity contribution < 1.29 is 4.79 Å². The molecule has 100 valence electrons. The van der Waals surface area contributed by atoms with E-state index in [9.17, 15) is 4.79 Å². The molecule has 1 aromatic rings. The molecule has 1 aromatic carbocycles. The highest BCUT2D eigenvalue weighted by Gasteiger charge is 2.15. The molecule has 18 heavy (non-hydrogen) atoms. The third kappa shape index (κ3) is 4.88.